The molecular formula is C21H34ClNS. The van der Waals surface area contributed by atoms with E-state index in [-0.39, 0.29) is 28.6 Å². The third-order valence-electron chi connectivity index (χ3n) is 4.44. The van der Waals surface area contributed by atoms with Crippen LogP contribution in [0.4, 0.5) is 0 Å². The van der Waals surface area contributed by atoms with Crippen LogP contribution in [0.15, 0.2) is 30.3 Å². The van der Waals surface area contributed by atoms with Gasteiger partial charge in [0.15, 0.2) is 0 Å². The fourth-order valence-electron chi connectivity index (χ4n) is 2.96. The molecule has 0 aliphatic heterocycles. The SMILES string of the molecule is CCCCCCCCCCCC[S+](C)C(C#N)c1ccccc1.[Cl-]. The van der Waals surface area contributed by atoms with Crippen molar-refractivity contribution in [3.05, 3.63) is 35.9 Å². The standard InChI is InChI=1S/C21H34NS.ClH/c1-3-4-5-6-7-8-9-10-11-15-18-23(2)21(19-22)20-16-13-12-14-17-20;/h12-14,16-17,21H,3-11,15,18H2,1-2H3;1H/q+1;/p-1. The van der Waals surface area contributed by atoms with Crippen molar-refractivity contribution < 1.29 is 12.4 Å². The first-order chi connectivity index (χ1) is 11.3. The smallest absolute Gasteiger partial charge is 0.227 e. The van der Waals surface area contributed by atoms with E-state index in [9.17, 15) is 5.26 Å². The number of nitrogens with zero attached hydrogens (tertiary/aromatic N) is 1. The molecule has 136 valence electrons. The van der Waals surface area contributed by atoms with Crippen LogP contribution in [-0.4, -0.2) is 12.0 Å². The second kappa shape index (κ2) is 15.9. The zero-order valence-electron chi connectivity index (χ0n) is 15.5. The van der Waals surface area contributed by atoms with Crippen molar-refractivity contribution in [1.29, 1.82) is 5.26 Å². The van der Waals surface area contributed by atoms with E-state index in [2.05, 4.69) is 31.4 Å². The van der Waals surface area contributed by atoms with E-state index < -0.39 is 0 Å². The Morgan fingerprint density at radius 2 is 1.38 bits per heavy atom. The zero-order valence-corrected chi connectivity index (χ0v) is 17.0. The summed E-state index contributed by atoms with van der Waals surface area (Å²) in [6, 6.07) is 12.8. The number of rotatable bonds is 13. The molecule has 3 heteroatoms. The van der Waals surface area contributed by atoms with Crippen LogP contribution < -0.4 is 12.4 Å². The van der Waals surface area contributed by atoms with Crippen molar-refractivity contribution in [2.45, 2.75) is 76.4 Å². The Balaban J connectivity index is 0.00000529. The van der Waals surface area contributed by atoms with E-state index >= 15 is 0 Å². The van der Waals surface area contributed by atoms with E-state index in [1.807, 2.05) is 18.2 Å². The minimum atomic E-state index is 0. The molecule has 0 saturated heterocycles. The molecule has 1 aromatic rings. The molecule has 1 aromatic carbocycles. The van der Waals surface area contributed by atoms with E-state index in [0.29, 0.717) is 0 Å². The second-order valence-corrected chi connectivity index (χ2v) is 8.76. The first-order valence-corrected chi connectivity index (χ1v) is 11.2. The number of benzene rings is 1. The van der Waals surface area contributed by atoms with Crippen LogP contribution in [0.3, 0.4) is 0 Å². The molecule has 0 saturated carbocycles. The lowest BCUT2D eigenvalue weighted by molar-refractivity contribution is -0.00000522. The highest BCUT2D eigenvalue weighted by Crippen LogP contribution is 2.23. The third-order valence-corrected chi connectivity index (χ3v) is 6.56. The highest BCUT2D eigenvalue weighted by molar-refractivity contribution is 7.96. The summed E-state index contributed by atoms with van der Waals surface area (Å²) in [5, 5.41) is 9.55. The average Bonchev–Trinajstić information content (AvgIpc) is 2.58. The van der Waals surface area contributed by atoms with E-state index in [4.69, 9.17) is 0 Å². The van der Waals surface area contributed by atoms with E-state index in [1.54, 1.807) is 0 Å². The van der Waals surface area contributed by atoms with Gasteiger partial charge in [0.2, 0.25) is 5.25 Å². The number of hydrogen-bond donors (Lipinski definition) is 0. The van der Waals surface area contributed by atoms with Crippen molar-refractivity contribution >= 4 is 10.9 Å². The summed E-state index contributed by atoms with van der Waals surface area (Å²) in [5.74, 6) is 1.20. The minimum absolute atomic E-state index is 0. The summed E-state index contributed by atoms with van der Waals surface area (Å²) in [7, 11) is 0.167. The third kappa shape index (κ3) is 10.3. The van der Waals surface area contributed by atoms with Gasteiger partial charge in [-0.05, 0) is 12.8 Å². The number of nitriles is 1. The number of unbranched alkanes of at least 4 members (excludes halogenated alkanes) is 9. The molecule has 0 amide bonds. The van der Waals surface area contributed by atoms with Crippen molar-refractivity contribution in [2.24, 2.45) is 0 Å². The van der Waals surface area contributed by atoms with E-state index in [1.165, 1.54) is 75.5 Å². The zero-order chi connectivity index (χ0) is 16.8. The Hall–Kier alpha value is -0.650. The van der Waals surface area contributed by atoms with Gasteiger partial charge in [0.25, 0.3) is 0 Å². The molecule has 0 aromatic heterocycles. The van der Waals surface area contributed by atoms with Gasteiger partial charge in [0.05, 0.1) is 6.26 Å². The van der Waals surface area contributed by atoms with Gasteiger partial charge in [-0.3, -0.25) is 0 Å². The van der Waals surface area contributed by atoms with Crippen LogP contribution in [0.5, 0.6) is 0 Å². The predicted octanol–water partition coefficient (Wildman–Crippen LogP) is 3.42. The van der Waals surface area contributed by atoms with Gasteiger partial charge in [-0.15, -0.1) is 0 Å². The summed E-state index contributed by atoms with van der Waals surface area (Å²) < 4.78 is 0. The van der Waals surface area contributed by atoms with Crippen LogP contribution in [0.2, 0.25) is 0 Å². The fourth-order valence-corrected chi connectivity index (χ4v) is 4.66. The first-order valence-electron chi connectivity index (χ1n) is 9.35. The first kappa shape index (κ1) is 23.4. The normalized spacial score (nSPS) is 12.9. The molecule has 0 bridgehead atoms. The molecule has 0 heterocycles. The Kier molecular flexibility index (Phi) is 15.4. The lowest BCUT2D eigenvalue weighted by Gasteiger charge is -2.10. The molecule has 0 aliphatic carbocycles. The monoisotopic (exact) mass is 367 g/mol. The summed E-state index contributed by atoms with van der Waals surface area (Å²) in [4.78, 5) is 0. The molecule has 0 radical (unpaired) electrons. The minimum Gasteiger partial charge on any atom is -1.00 e. The fraction of sp³-hybridized carbons (Fsp3) is 0.667. The largest absolute Gasteiger partial charge is 1.00 e. The molecule has 2 unspecified atom stereocenters. The highest BCUT2D eigenvalue weighted by atomic mass is 35.5. The van der Waals surface area contributed by atoms with Gasteiger partial charge < -0.3 is 12.4 Å². The molecule has 1 rings (SSSR count). The Bertz CT molecular complexity index is 429. The Morgan fingerprint density at radius 1 is 0.875 bits per heavy atom. The van der Waals surface area contributed by atoms with Crippen molar-refractivity contribution in [1.82, 2.24) is 0 Å². The van der Waals surface area contributed by atoms with Gasteiger partial charge in [-0.2, -0.15) is 5.26 Å². The van der Waals surface area contributed by atoms with E-state index in [0.717, 1.165) is 0 Å². The summed E-state index contributed by atoms with van der Waals surface area (Å²) >= 11 is 0. The number of hydrogen-bond acceptors (Lipinski definition) is 1. The topological polar surface area (TPSA) is 23.8 Å². The maximum atomic E-state index is 9.47. The molecule has 0 fully saturated rings. The summed E-state index contributed by atoms with van der Waals surface area (Å²) in [6.07, 6.45) is 16.0. The van der Waals surface area contributed by atoms with Crippen LogP contribution in [-0.2, 0) is 10.9 Å². The van der Waals surface area contributed by atoms with Crippen LogP contribution in [0, 0.1) is 11.3 Å². The Morgan fingerprint density at radius 3 is 1.88 bits per heavy atom. The molecule has 2 atom stereocenters. The highest BCUT2D eigenvalue weighted by Gasteiger charge is 2.26. The van der Waals surface area contributed by atoms with Gasteiger partial charge >= 0.3 is 0 Å². The molecular weight excluding hydrogens is 334 g/mol. The van der Waals surface area contributed by atoms with Crippen LogP contribution in [0.25, 0.3) is 0 Å². The van der Waals surface area contributed by atoms with Crippen LogP contribution >= 0.6 is 0 Å². The van der Waals surface area contributed by atoms with Gasteiger partial charge in [0, 0.05) is 16.5 Å². The van der Waals surface area contributed by atoms with Gasteiger partial charge in [-0.1, -0.05) is 88.6 Å². The molecule has 1 nitrogen and oxygen atoms in total. The molecule has 0 N–H and O–H groups in total. The maximum absolute atomic E-state index is 9.47. The van der Waals surface area contributed by atoms with Crippen molar-refractivity contribution in [3.63, 3.8) is 0 Å². The maximum Gasteiger partial charge on any atom is 0.227 e. The second-order valence-electron chi connectivity index (χ2n) is 6.50. The number of halogens is 1. The lowest BCUT2D eigenvalue weighted by atomic mass is 10.1. The summed E-state index contributed by atoms with van der Waals surface area (Å²) in [6.45, 7) is 2.27. The van der Waals surface area contributed by atoms with Crippen molar-refractivity contribution in [3.8, 4) is 6.07 Å². The van der Waals surface area contributed by atoms with Crippen molar-refractivity contribution in [2.75, 3.05) is 12.0 Å². The Labute approximate surface area is 159 Å². The predicted molar refractivity (Wildman–Crippen MR) is 105 cm³/mol. The van der Waals surface area contributed by atoms with Gasteiger partial charge in [-0.25, -0.2) is 0 Å². The lowest BCUT2D eigenvalue weighted by Crippen LogP contribution is -3.00. The quantitative estimate of drug-likeness (QED) is 0.387. The molecule has 0 spiro atoms. The van der Waals surface area contributed by atoms with Gasteiger partial charge in [0.1, 0.15) is 11.8 Å². The molecule has 0 aliphatic rings. The molecule has 24 heavy (non-hydrogen) atoms. The average molecular weight is 368 g/mol. The van der Waals surface area contributed by atoms with Crippen LogP contribution in [0.1, 0.15) is 81.9 Å². The summed E-state index contributed by atoms with van der Waals surface area (Å²) in [5.41, 5.74) is 1.19.